The number of nitrogens with zero attached hydrogens (tertiary/aromatic N) is 3. The van der Waals surface area contributed by atoms with Gasteiger partial charge in [-0.05, 0) is 13.0 Å². The molecule has 0 radical (unpaired) electrons. The molecular weight excluding hydrogens is 266 g/mol. The third-order valence-electron chi connectivity index (χ3n) is 3.35. The predicted molar refractivity (Wildman–Crippen MR) is 81.4 cm³/mol. The molecule has 0 bridgehead atoms. The van der Waals surface area contributed by atoms with Crippen LogP contribution in [0.1, 0.15) is 6.92 Å². The van der Waals surface area contributed by atoms with E-state index in [0.717, 1.165) is 11.3 Å². The van der Waals surface area contributed by atoms with Crippen LogP contribution < -0.4 is 5.56 Å². The van der Waals surface area contributed by atoms with Crippen LogP contribution in [0, 0.1) is 0 Å². The molecule has 0 saturated heterocycles. The van der Waals surface area contributed by atoms with Crippen LogP contribution in [0.15, 0.2) is 53.6 Å². The Morgan fingerprint density at radius 1 is 1.19 bits per heavy atom. The van der Waals surface area contributed by atoms with Crippen molar-refractivity contribution in [1.29, 1.82) is 0 Å². The Morgan fingerprint density at radius 2 is 2.00 bits per heavy atom. The fourth-order valence-electron chi connectivity index (χ4n) is 2.26. The van der Waals surface area contributed by atoms with Crippen LogP contribution in [0.2, 0.25) is 0 Å². The third-order valence-corrected chi connectivity index (χ3v) is 3.35. The number of hydrogen-bond acceptors (Lipinski definition) is 3. The highest BCUT2D eigenvalue weighted by molar-refractivity contribution is 5.65. The number of benzene rings is 1. The topological polar surface area (TPSA) is 48.5 Å². The molecule has 0 aliphatic carbocycles. The molecule has 0 fully saturated rings. The molecule has 2 aromatic heterocycles. The molecule has 1 aromatic carbocycles. The lowest BCUT2D eigenvalue weighted by atomic mass is 10.1. The molecule has 3 aromatic rings. The van der Waals surface area contributed by atoms with Gasteiger partial charge in [-0.3, -0.25) is 4.79 Å². The van der Waals surface area contributed by atoms with E-state index in [4.69, 9.17) is 4.74 Å². The number of rotatable bonds is 5. The molecule has 0 N–H and O–H groups in total. The largest absolute Gasteiger partial charge is 0.380 e. The first kappa shape index (κ1) is 13.6. The monoisotopic (exact) mass is 283 g/mol. The molecule has 0 spiro atoms. The van der Waals surface area contributed by atoms with Crippen LogP contribution in [-0.2, 0) is 11.3 Å². The van der Waals surface area contributed by atoms with Crippen molar-refractivity contribution in [3.63, 3.8) is 0 Å². The molecule has 0 saturated carbocycles. The second kappa shape index (κ2) is 5.93. The lowest BCUT2D eigenvalue weighted by Crippen LogP contribution is -2.23. The second-order valence-corrected chi connectivity index (χ2v) is 4.72. The molecule has 0 aliphatic rings. The molecular formula is C16H17N3O2. The summed E-state index contributed by atoms with van der Waals surface area (Å²) >= 11 is 0. The molecule has 0 aliphatic heterocycles. The van der Waals surface area contributed by atoms with Crippen LogP contribution in [0.3, 0.4) is 0 Å². The predicted octanol–water partition coefficient (Wildman–Crippen LogP) is 2.20. The maximum Gasteiger partial charge on any atom is 0.276 e. The summed E-state index contributed by atoms with van der Waals surface area (Å²) in [5.74, 6) is 0. The van der Waals surface area contributed by atoms with Crippen molar-refractivity contribution in [2.75, 3.05) is 13.2 Å². The van der Waals surface area contributed by atoms with Crippen LogP contribution in [0.25, 0.3) is 16.8 Å². The van der Waals surface area contributed by atoms with E-state index in [2.05, 4.69) is 5.10 Å². The molecule has 3 rings (SSSR count). The minimum atomic E-state index is -0.0492. The lowest BCUT2D eigenvalue weighted by Gasteiger charge is -2.05. The van der Waals surface area contributed by atoms with Gasteiger partial charge in [0.15, 0.2) is 0 Å². The highest BCUT2D eigenvalue weighted by atomic mass is 16.5. The van der Waals surface area contributed by atoms with Crippen LogP contribution in [-0.4, -0.2) is 27.4 Å². The minimum Gasteiger partial charge on any atom is -0.380 e. The van der Waals surface area contributed by atoms with Crippen molar-refractivity contribution in [2.45, 2.75) is 13.5 Å². The van der Waals surface area contributed by atoms with Gasteiger partial charge in [0, 0.05) is 31.1 Å². The summed E-state index contributed by atoms with van der Waals surface area (Å²) in [6, 6.07) is 11.7. The van der Waals surface area contributed by atoms with Gasteiger partial charge < -0.3 is 9.30 Å². The summed E-state index contributed by atoms with van der Waals surface area (Å²) in [6.45, 7) is 3.68. The van der Waals surface area contributed by atoms with Crippen molar-refractivity contribution in [3.8, 4) is 11.3 Å². The molecule has 5 heteroatoms. The standard InChI is InChI=1S/C16H17N3O2/c1-2-21-11-10-18-8-9-19-15(16(18)20)12-14(17-19)13-6-4-3-5-7-13/h3-9,12H,2,10-11H2,1H3. The van der Waals surface area contributed by atoms with Crippen LogP contribution in [0.5, 0.6) is 0 Å². The summed E-state index contributed by atoms with van der Waals surface area (Å²) in [5.41, 5.74) is 2.33. The van der Waals surface area contributed by atoms with Crippen molar-refractivity contribution in [1.82, 2.24) is 14.2 Å². The first-order valence-corrected chi connectivity index (χ1v) is 7.01. The van der Waals surface area contributed by atoms with Gasteiger partial charge in [-0.2, -0.15) is 5.10 Å². The minimum absolute atomic E-state index is 0.0492. The fraction of sp³-hybridized carbons (Fsp3) is 0.250. The molecule has 5 nitrogen and oxygen atoms in total. The zero-order chi connectivity index (χ0) is 14.7. The smallest absolute Gasteiger partial charge is 0.276 e. The molecule has 0 amide bonds. The van der Waals surface area contributed by atoms with Crippen molar-refractivity contribution in [3.05, 3.63) is 59.1 Å². The number of ether oxygens (including phenoxy) is 1. The fourth-order valence-corrected chi connectivity index (χ4v) is 2.26. The van der Waals surface area contributed by atoms with E-state index in [1.54, 1.807) is 21.5 Å². The van der Waals surface area contributed by atoms with Crippen molar-refractivity contribution >= 4 is 5.52 Å². The average molecular weight is 283 g/mol. The van der Waals surface area contributed by atoms with E-state index >= 15 is 0 Å². The molecule has 0 unspecified atom stereocenters. The first-order valence-electron chi connectivity index (χ1n) is 7.01. The quantitative estimate of drug-likeness (QED) is 0.674. The van der Waals surface area contributed by atoms with Crippen LogP contribution in [0.4, 0.5) is 0 Å². The van der Waals surface area contributed by atoms with Gasteiger partial charge in [0.2, 0.25) is 0 Å². The Hall–Kier alpha value is -2.40. The summed E-state index contributed by atoms with van der Waals surface area (Å²) in [7, 11) is 0. The van der Waals surface area contributed by atoms with Crippen molar-refractivity contribution in [2.24, 2.45) is 0 Å². The van der Waals surface area contributed by atoms with Crippen molar-refractivity contribution < 1.29 is 4.74 Å². The van der Waals surface area contributed by atoms with E-state index in [0.29, 0.717) is 25.3 Å². The van der Waals surface area contributed by atoms with Crippen LogP contribution >= 0.6 is 0 Å². The summed E-state index contributed by atoms with van der Waals surface area (Å²) in [4.78, 5) is 12.4. The van der Waals surface area contributed by atoms with Gasteiger partial charge >= 0.3 is 0 Å². The molecule has 0 atom stereocenters. The van der Waals surface area contributed by atoms with E-state index in [1.165, 1.54) is 0 Å². The maximum atomic E-state index is 12.4. The average Bonchev–Trinajstić information content (AvgIpc) is 2.96. The zero-order valence-electron chi connectivity index (χ0n) is 11.9. The Morgan fingerprint density at radius 3 is 2.76 bits per heavy atom. The SMILES string of the molecule is CCOCCn1ccn2nc(-c3ccccc3)cc2c1=O. The Labute approximate surface area is 122 Å². The third kappa shape index (κ3) is 2.73. The summed E-state index contributed by atoms with van der Waals surface area (Å²) in [5, 5.41) is 4.45. The maximum absolute atomic E-state index is 12.4. The van der Waals surface area contributed by atoms with Gasteiger partial charge in [0.05, 0.1) is 12.3 Å². The molecule has 108 valence electrons. The van der Waals surface area contributed by atoms with Gasteiger partial charge in [0.1, 0.15) is 5.52 Å². The van der Waals surface area contributed by atoms with Gasteiger partial charge in [0.25, 0.3) is 5.56 Å². The van der Waals surface area contributed by atoms with Gasteiger partial charge in [-0.25, -0.2) is 4.52 Å². The van der Waals surface area contributed by atoms with E-state index < -0.39 is 0 Å². The summed E-state index contributed by atoms with van der Waals surface area (Å²) < 4.78 is 8.58. The number of hydrogen-bond donors (Lipinski definition) is 0. The normalized spacial score (nSPS) is 11.1. The number of aromatic nitrogens is 3. The highest BCUT2D eigenvalue weighted by Gasteiger charge is 2.08. The summed E-state index contributed by atoms with van der Waals surface area (Å²) in [6.07, 6.45) is 3.55. The molecule has 2 heterocycles. The highest BCUT2D eigenvalue weighted by Crippen LogP contribution is 2.17. The van der Waals surface area contributed by atoms with E-state index in [9.17, 15) is 4.79 Å². The van der Waals surface area contributed by atoms with E-state index in [1.807, 2.05) is 43.3 Å². The van der Waals surface area contributed by atoms with Gasteiger partial charge in [-0.1, -0.05) is 30.3 Å². The first-order chi connectivity index (χ1) is 10.3. The second-order valence-electron chi connectivity index (χ2n) is 4.72. The Balaban J connectivity index is 1.98. The Bertz CT molecular complexity index is 790. The zero-order valence-corrected chi connectivity index (χ0v) is 11.9. The number of fused-ring (bicyclic) bond motifs is 1. The van der Waals surface area contributed by atoms with Gasteiger partial charge in [-0.15, -0.1) is 0 Å². The van der Waals surface area contributed by atoms with E-state index in [-0.39, 0.29) is 5.56 Å². The Kier molecular flexibility index (Phi) is 3.83. The molecule has 21 heavy (non-hydrogen) atoms. The lowest BCUT2D eigenvalue weighted by molar-refractivity contribution is 0.138.